The molecule has 0 aromatic heterocycles. The molecule has 0 rings (SSSR count). The van der Waals surface area contributed by atoms with Gasteiger partial charge in [-0.3, -0.25) is 4.79 Å². The number of terminal acetylenes is 2. The lowest BCUT2D eigenvalue weighted by molar-refractivity contribution is -0.139. The van der Waals surface area contributed by atoms with E-state index in [1.165, 1.54) is 6.92 Å². The average molecular weight is 248 g/mol. The van der Waals surface area contributed by atoms with Gasteiger partial charge in [0.1, 0.15) is 6.61 Å². The van der Waals surface area contributed by atoms with Gasteiger partial charge in [0.15, 0.2) is 18.1 Å². The highest BCUT2D eigenvalue weighted by Gasteiger charge is 2.24. The van der Waals surface area contributed by atoms with Crippen LogP contribution in [0.4, 0.5) is 0 Å². The highest BCUT2D eigenvalue weighted by Crippen LogP contribution is 2.18. The second-order valence-corrected chi connectivity index (χ2v) is 3.73. The first-order valence-corrected chi connectivity index (χ1v) is 5.37. The van der Waals surface area contributed by atoms with Crippen molar-refractivity contribution in [1.29, 1.82) is 0 Å². The highest BCUT2D eigenvalue weighted by atomic mass is 16.5. The van der Waals surface area contributed by atoms with Crippen molar-refractivity contribution in [1.82, 2.24) is 0 Å². The van der Waals surface area contributed by atoms with E-state index in [0.29, 0.717) is 0 Å². The summed E-state index contributed by atoms with van der Waals surface area (Å²) >= 11 is 0. The number of allylic oxidation sites excluding steroid dienone is 1. The molecule has 0 aliphatic carbocycles. The van der Waals surface area contributed by atoms with Crippen LogP contribution in [0.3, 0.4) is 0 Å². The van der Waals surface area contributed by atoms with Gasteiger partial charge in [-0.2, -0.15) is 0 Å². The van der Waals surface area contributed by atoms with Crippen molar-refractivity contribution < 1.29 is 19.1 Å². The van der Waals surface area contributed by atoms with E-state index in [9.17, 15) is 9.59 Å². The normalized spacial score (nSPS) is 11.0. The summed E-state index contributed by atoms with van der Waals surface area (Å²) in [5, 5.41) is 0. The molecular weight excluding hydrogens is 232 g/mol. The molecule has 0 atom stereocenters. The summed E-state index contributed by atoms with van der Waals surface area (Å²) in [5.74, 6) is 3.06. The summed E-state index contributed by atoms with van der Waals surface area (Å²) < 4.78 is 9.93. The molecule has 0 amide bonds. The highest BCUT2D eigenvalue weighted by molar-refractivity contribution is 6.01. The van der Waals surface area contributed by atoms with Gasteiger partial charge >= 0.3 is 5.97 Å². The van der Waals surface area contributed by atoms with E-state index in [4.69, 9.17) is 22.3 Å². The van der Waals surface area contributed by atoms with Crippen molar-refractivity contribution in [2.24, 2.45) is 5.92 Å². The van der Waals surface area contributed by atoms with Crippen molar-refractivity contribution in [3.05, 3.63) is 11.3 Å². The molecule has 0 saturated heterocycles. The summed E-state index contributed by atoms with van der Waals surface area (Å²) in [6.07, 6.45) is 10.1. The van der Waals surface area contributed by atoms with E-state index >= 15 is 0 Å². The molecule has 0 saturated carbocycles. The Morgan fingerprint density at radius 3 is 2.00 bits per heavy atom. The molecule has 0 radical (unpaired) electrons. The number of carbonyl (C=O) groups is 2. The first kappa shape index (κ1) is 15.8. The molecule has 0 heterocycles. The fourth-order valence-electron chi connectivity index (χ4n) is 1.26. The van der Waals surface area contributed by atoms with Gasteiger partial charge in [0.2, 0.25) is 0 Å². The van der Waals surface area contributed by atoms with E-state index in [2.05, 4.69) is 11.8 Å². The van der Waals surface area contributed by atoms with E-state index in [1.807, 2.05) is 0 Å². The zero-order chi connectivity index (χ0) is 14.1. The van der Waals surface area contributed by atoms with E-state index in [1.54, 1.807) is 13.8 Å². The van der Waals surface area contributed by atoms with Gasteiger partial charge < -0.3 is 9.47 Å². The van der Waals surface area contributed by atoms with E-state index in [-0.39, 0.29) is 36.2 Å². The van der Waals surface area contributed by atoms with Crippen LogP contribution in [0, 0.1) is 30.6 Å². The molecule has 0 aliphatic rings. The number of ether oxygens (including phenoxy) is 2. The van der Waals surface area contributed by atoms with Crippen molar-refractivity contribution in [3.8, 4) is 24.7 Å². The number of hydrogen-bond donors (Lipinski definition) is 0. The van der Waals surface area contributed by atoms with Crippen LogP contribution >= 0.6 is 0 Å². The first-order chi connectivity index (χ1) is 8.45. The Balaban J connectivity index is 5.35. The Bertz CT molecular complexity index is 430. The standard InChI is InChI=1S/C14H16O4/c1-6-8-17-13(11(5)15)12(10(3)4)14(16)18-9-7-2/h1-2,10H,8-9H2,3-5H3. The number of ketones is 1. The third-order valence-corrected chi connectivity index (χ3v) is 1.95. The molecule has 0 aromatic rings. The van der Waals surface area contributed by atoms with Crippen molar-refractivity contribution in [2.45, 2.75) is 20.8 Å². The number of hydrogen-bond acceptors (Lipinski definition) is 4. The van der Waals surface area contributed by atoms with Crippen molar-refractivity contribution in [2.75, 3.05) is 13.2 Å². The Hall–Kier alpha value is -2.20. The molecule has 0 N–H and O–H groups in total. The molecule has 96 valence electrons. The molecule has 0 unspecified atom stereocenters. The summed E-state index contributed by atoms with van der Waals surface area (Å²) in [6, 6.07) is 0. The molecule has 18 heavy (non-hydrogen) atoms. The first-order valence-electron chi connectivity index (χ1n) is 5.37. The van der Waals surface area contributed by atoms with Crippen LogP contribution < -0.4 is 0 Å². The summed E-state index contributed by atoms with van der Waals surface area (Å²) in [5.41, 5.74) is 0.146. The maximum absolute atomic E-state index is 11.8. The van der Waals surface area contributed by atoms with E-state index < -0.39 is 5.97 Å². The minimum Gasteiger partial charge on any atom is -0.477 e. The third kappa shape index (κ3) is 4.76. The molecule has 0 fully saturated rings. The predicted octanol–water partition coefficient (Wildman–Crippen LogP) is 1.31. The Morgan fingerprint density at radius 2 is 1.61 bits per heavy atom. The zero-order valence-electron chi connectivity index (χ0n) is 10.8. The predicted molar refractivity (Wildman–Crippen MR) is 67.1 cm³/mol. The minimum absolute atomic E-state index is 0.0648. The fourth-order valence-corrected chi connectivity index (χ4v) is 1.26. The largest absolute Gasteiger partial charge is 0.477 e. The van der Waals surface area contributed by atoms with Crippen LogP contribution in [0.1, 0.15) is 20.8 Å². The number of Topliss-reactive ketones (excluding diaryl/α,β-unsaturated/α-hetero) is 1. The van der Waals surface area contributed by atoms with Gasteiger partial charge in [0, 0.05) is 6.92 Å². The zero-order valence-corrected chi connectivity index (χ0v) is 10.8. The third-order valence-electron chi connectivity index (χ3n) is 1.95. The lowest BCUT2D eigenvalue weighted by Crippen LogP contribution is -2.19. The number of esters is 1. The maximum Gasteiger partial charge on any atom is 0.339 e. The quantitative estimate of drug-likeness (QED) is 0.308. The molecule has 0 aliphatic heterocycles. The summed E-state index contributed by atoms with van der Waals surface area (Å²) in [4.78, 5) is 23.3. The topological polar surface area (TPSA) is 52.6 Å². The Labute approximate surface area is 107 Å². The molecule has 4 heteroatoms. The fraction of sp³-hybridized carbons (Fsp3) is 0.429. The second kappa shape index (κ2) is 7.97. The maximum atomic E-state index is 11.8. The van der Waals surface area contributed by atoms with Crippen LogP contribution in [0.15, 0.2) is 11.3 Å². The van der Waals surface area contributed by atoms with Crippen molar-refractivity contribution >= 4 is 11.8 Å². The van der Waals surface area contributed by atoms with Gasteiger partial charge in [0.05, 0.1) is 5.57 Å². The minimum atomic E-state index is -0.662. The lowest BCUT2D eigenvalue weighted by Gasteiger charge is -2.14. The van der Waals surface area contributed by atoms with E-state index in [0.717, 1.165) is 0 Å². The Kier molecular flexibility index (Phi) is 7.00. The smallest absolute Gasteiger partial charge is 0.339 e. The van der Waals surface area contributed by atoms with Crippen molar-refractivity contribution in [3.63, 3.8) is 0 Å². The number of carbonyl (C=O) groups excluding carboxylic acids is 2. The average Bonchev–Trinajstić information content (AvgIpc) is 2.30. The monoisotopic (exact) mass is 248 g/mol. The molecular formula is C14H16O4. The molecule has 0 spiro atoms. The van der Waals surface area contributed by atoms with Crippen LogP contribution in [0.25, 0.3) is 0 Å². The van der Waals surface area contributed by atoms with Gasteiger partial charge in [-0.05, 0) is 5.92 Å². The lowest BCUT2D eigenvalue weighted by atomic mass is 10.0. The Morgan fingerprint density at radius 1 is 1.11 bits per heavy atom. The number of rotatable bonds is 6. The van der Waals surface area contributed by atoms with Gasteiger partial charge in [0.25, 0.3) is 0 Å². The summed E-state index contributed by atoms with van der Waals surface area (Å²) in [6.45, 7) is 4.54. The van der Waals surface area contributed by atoms with Crippen LogP contribution in [0.2, 0.25) is 0 Å². The molecule has 0 bridgehead atoms. The van der Waals surface area contributed by atoms with Gasteiger partial charge in [-0.15, -0.1) is 12.8 Å². The van der Waals surface area contributed by atoms with Gasteiger partial charge in [-0.1, -0.05) is 25.7 Å². The molecule has 4 nitrogen and oxygen atoms in total. The van der Waals surface area contributed by atoms with Gasteiger partial charge in [-0.25, -0.2) is 4.79 Å². The van der Waals surface area contributed by atoms with Crippen LogP contribution in [-0.4, -0.2) is 25.0 Å². The van der Waals surface area contributed by atoms with Crippen LogP contribution in [0.5, 0.6) is 0 Å². The summed E-state index contributed by atoms with van der Waals surface area (Å²) in [7, 11) is 0. The van der Waals surface area contributed by atoms with Crippen LogP contribution in [-0.2, 0) is 19.1 Å². The molecule has 0 aromatic carbocycles. The SMILES string of the molecule is C#CCOC(=O)C(=C(OCC#C)C(C)=O)C(C)C. The second-order valence-electron chi connectivity index (χ2n) is 3.73.